The van der Waals surface area contributed by atoms with Crippen LogP contribution in [0.25, 0.3) is 0 Å². The molecule has 1 fully saturated rings. The molecule has 1 aliphatic rings. The van der Waals surface area contributed by atoms with Crippen molar-refractivity contribution in [1.82, 2.24) is 5.32 Å². The molecule has 0 spiro atoms. The van der Waals surface area contributed by atoms with Gasteiger partial charge in [0.25, 0.3) is 0 Å². The van der Waals surface area contributed by atoms with Crippen molar-refractivity contribution in [2.24, 2.45) is 5.41 Å². The van der Waals surface area contributed by atoms with Gasteiger partial charge in [-0.1, -0.05) is 13.8 Å². The molecule has 0 amide bonds. The van der Waals surface area contributed by atoms with Crippen LogP contribution in [0.4, 0.5) is 0 Å². The fraction of sp³-hybridized carbons (Fsp3) is 1.00. The van der Waals surface area contributed by atoms with Crippen molar-refractivity contribution in [2.75, 3.05) is 26.8 Å². The first-order valence-corrected chi connectivity index (χ1v) is 5.40. The van der Waals surface area contributed by atoms with E-state index in [9.17, 15) is 0 Å². The number of hydrogen-bond acceptors (Lipinski definition) is 3. The van der Waals surface area contributed by atoms with Crippen molar-refractivity contribution in [3.8, 4) is 0 Å². The van der Waals surface area contributed by atoms with Gasteiger partial charge in [0, 0.05) is 32.2 Å². The van der Waals surface area contributed by atoms with Crippen molar-refractivity contribution in [1.29, 1.82) is 0 Å². The second-order valence-corrected chi connectivity index (χ2v) is 5.17. The third-order valence-corrected chi connectivity index (χ3v) is 3.18. The average Bonchev–Trinajstić information content (AvgIpc) is 2.10. The van der Waals surface area contributed by atoms with E-state index < -0.39 is 0 Å². The van der Waals surface area contributed by atoms with Crippen LogP contribution >= 0.6 is 0 Å². The largest absolute Gasteiger partial charge is 0.396 e. The quantitative estimate of drug-likeness (QED) is 0.677. The molecule has 0 aromatic heterocycles. The van der Waals surface area contributed by atoms with Crippen LogP contribution < -0.4 is 5.32 Å². The molecule has 2 N–H and O–H groups in total. The lowest BCUT2D eigenvalue weighted by molar-refractivity contribution is -0.0706. The zero-order valence-corrected chi connectivity index (χ0v) is 9.60. The van der Waals surface area contributed by atoms with Crippen LogP contribution in [-0.2, 0) is 4.74 Å². The van der Waals surface area contributed by atoms with Crippen LogP contribution in [0.5, 0.6) is 0 Å². The molecular formula is C11H23NO2. The van der Waals surface area contributed by atoms with Crippen molar-refractivity contribution < 1.29 is 9.84 Å². The van der Waals surface area contributed by atoms with Gasteiger partial charge in [-0.15, -0.1) is 0 Å². The first-order valence-electron chi connectivity index (χ1n) is 5.40. The van der Waals surface area contributed by atoms with E-state index in [1.54, 1.807) is 7.11 Å². The van der Waals surface area contributed by atoms with Crippen LogP contribution in [0.15, 0.2) is 0 Å². The molecule has 0 radical (unpaired) electrons. The molecule has 3 heteroatoms. The maximum Gasteiger partial charge on any atom is 0.0802 e. The Balaban J connectivity index is 2.20. The van der Waals surface area contributed by atoms with E-state index in [4.69, 9.17) is 9.84 Å². The van der Waals surface area contributed by atoms with E-state index in [0.29, 0.717) is 0 Å². The van der Waals surface area contributed by atoms with Crippen molar-refractivity contribution >= 4 is 0 Å². The second kappa shape index (κ2) is 4.60. The SMILES string of the molecule is COC1(CNCC(C)(C)CO)CCC1. The third kappa shape index (κ3) is 2.94. The van der Waals surface area contributed by atoms with E-state index in [1.165, 1.54) is 6.42 Å². The summed E-state index contributed by atoms with van der Waals surface area (Å²) in [5.41, 5.74) is 0.0597. The van der Waals surface area contributed by atoms with Crippen LogP contribution in [0.2, 0.25) is 0 Å². The molecule has 0 aromatic carbocycles. The molecule has 0 aliphatic heterocycles. The second-order valence-electron chi connectivity index (χ2n) is 5.17. The van der Waals surface area contributed by atoms with Gasteiger partial charge >= 0.3 is 0 Å². The standard InChI is InChI=1S/C11H23NO2/c1-10(2,9-13)7-12-8-11(14-3)5-4-6-11/h12-13H,4-9H2,1-3H3. The fourth-order valence-corrected chi connectivity index (χ4v) is 1.71. The minimum absolute atomic E-state index is 0.0291. The summed E-state index contributed by atoms with van der Waals surface area (Å²) in [4.78, 5) is 0. The Labute approximate surface area is 86.8 Å². The molecule has 14 heavy (non-hydrogen) atoms. The van der Waals surface area contributed by atoms with Gasteiger partial charge in [-0.2, -0.15) is 0 Å². The van der Waals surface area contributed by atoms with Crippen molar-refractivity contribution in [3.63, 3.8) is 0 Å². The van der Waals surface area contributed by atoms with E-state index in [-0.39, 0.29) is 17.6 Å². The summed E-state index contributed by atoms with van der Waals surface area (Å²) < 4.78 is 5.50. The van der Waals surface area contributed by atoms with Crippen LogP contribution in [0, 0.1) is 5.41 Å². The van der Waals surface area contributed by atoms with E-state index in [2.05, 4.69) is 19.2 Å². The smallest absolute Gasteiger partial charge is 0.0802 e. The number of nitrogens with one attached hydrogen (secondary N) is 1. The summed E-state index contributed by atoms with van der Waals surface area (Å²) in [7, 11) is 1.79. The molecule has 0 heterocycles. The van der Waals surface area contributed by atoms with Gasteiger partial charge in [0.1, 0.15) is 0 Å². The summed E-state index contributed by atoms with van der Waals surface area (Å²) in [6.45, 7) is 6.09. The lowest BCUT2D eigenvalue weighted by atomic mass is 9.79. The summed E-state index contributed by atoms with van der Waals surface area (Å²) in [5.74, 6) is 0. The van der Waals surface area contributed by atoms with Crippen molar-refractivity contribution in [2.45, 2.75) is 38.7 Å². The highest BCUT2D eigenvalue weighted by Crippen LogP contribution is 2.34. The van der Waals surface area contributed by atoms with Crippen LogP contribution in [0.1, 0.15) is 33.1 Å². The summed E-state index contributed by atoms with van der Waals surface area (Å²) in [5, 5.41) is 12.5. The van der Waals surface area contributed by atoms with Crippen LogP contribution in [-0.4, -0.2) is 37.5 Å². The van der Waals surface area contributed by atoms with Gasteiger partial charge in [-0.25, -0.2) is 0 Å². The zero-order chi connectivity index (χ0) is 10.7. The summed E-state index contributed by atoms with van der Waals surface area (Å²) >= 11 is 0. The maximum atomic E-state index is 9.08. The monoisotopic (exact) mass is 201 g/mol. The lowest BCUT2D eigenvalue weighted by Crippen LogP contribution is -2.49. The van der Waals surface area contributed by atoms with Gasteiger partial charge < -0.3 is 15.2 Å². The normalized spacial score (nSPS) is 20.6. The zero-order valence-electron chi connectivity index (χ0n) is 9.60. The fourth-order valence-electron chi connectivity index (χ4n) is 1.71. The highest BCUT2D eigenvalue weighted by Gasteiger charge is 2.36. The van der Waals surface area contributed by atoms with Crippen LogP contribution in [0.3, 0.4) is 0 Å². The average molecular weight is 201 g/mol. The predicted molar refractivity (Wildman–Crippen MR) is 57.3 cm³/mol. The first kappa shape index (κ1) is 12.0. The number of methoxy groups -OCH3 is 1. The van der Waals surface area contributed by atoms with Gasteiger partial charge in [-0.05, 0) is 19.3 Å². The number of aliphatic hydroxyl groups excluding tert-OH is 1. The Kier molecular flexibility index (Phi) is 3.93. The molecule has 0 saturated heterocycles. The predicted octanol–water partition coefficient (Wildman–Crippen LogP) is 1.16. The van der Waals surface area contributed by atoms with E-state index in [0.717, 1.165) is 25.9 Å². The summed E-state index contributed by atoms with van der Waals surface area (Å²) in [6.07, 6.45) is 3.60. The minimum Gasteiger partial charge on any atom is -0.396 e. The third-order valence-electron chi connectivity index (χ3n) is 3.18. The van der Waals surface area contributed by atoms with E-state index in [1.807, 2.05) is 0 Å². The molecule has 0 aromatic rings. The molecular weight excluding hydrogens is 178 g/mol. The molecule has 84 valence electrons. The molecule has 1 saturated carbocycles. The Morgan fingerprint density at radius 3 is 2.43 bits per heavy atom. The number of rotatable bonds is 6. The summed E-state index contributed by atoms with van der Waals surface area (Å²) in [6, 6.07) is 0. The minimum atomic E-state index is -0.0291. The van der Waals surface area contributed by atoms with Crippen molar-refractivity contribution in [3.05, 3.63) is 0 Å². The Bertz CT molecular complexity index is 171. The highest BCUT2D eigenvalue weighted by atomic mass is 16.5. The molecule has 3 nitrogen and oxygen atoms in total. The Morgan fingerprint density at radius 2 is 2.07 bits per heavy atom. The molecule has 1 aliphatic carbocycles. The molecule has 0 bridgehead atoms. The van der Waals surface area contributed by atoms with Gasteiger partial charge in [0.05, 0.1) is 5.60 Å². The number of ether oxygens (including phenoxy) is 1. The molecule has 0 unspecified atom stereocenters. The lowest BCUT2D eigenvalue weighted by Gasteiger charge is -2.41. The van der Waals surface area contributed by atoms with Gasteiger partial charge in [-0.3, -0.25) is 0 Å². The highest BCUT2D eigenvalue weighted by molar-refractivity contribution is 4.91. The van der Waals surface area contributed by atoms with Gasteiger partial charge in [0.2, 0.25) is 0 Å². The molecule has 1 rings (SSSR count). The Hall–Kier alpha value is -0.120. The first-order chi connectivity index (χ1) is 6.54. The Morgan fingerprint density at radius 1 is 1.43 bits per heavy atom. The number of hydrogen-bond donors (Lipinski definition) is 2. The maximum absolute atomic E-state index is 9.08. The van der Waals surface area contributed by atoms with Gasteiger partial charge in [0.15, 0.2) is 0 Å². The number of aliphatic hydroxyl groups is 1. The topological polar surface area (TPSA) is 41.5 Å². The van der Waals surface area contributed by atoms with E-state index >= 15 is 0 Å². The molecule has 0 atom stereocenters.